The van der Waals surface area contributed by atoms with Gasteiger partial charge in [-0.25, -0.2) is 9.97 Å². The SMILES string of the molecule is CC1(C)c2ccccc2C2(c3ccccc3Oc3ccc(-c4ccccc4-c4cc(-c5cccc6ccccc56)nc(-c5ccccc5)n4)cc32)c2ccccc21. The van der Waals surface area contributed by atoms with Crippen LogP contribution in [0.3, 0.4) is 0 Å². The summed E-state index contributed by atoms with van der Waals surface area (Å²) in [4.78, 5) is 10.5. The van der Waals surface area contributed by atoms with Gasteiger partial charge in [-0.15, -0.1) is 0 Å². The molecule has 57 heavy (non-hydrogen) atoms. The lowest BCUT2D eigenvalue weighted by Crippen LogP contribution is -2.43. The van der Waals surface area contributed by atoms with Crippen molar-refractivity contribution in [1.29, 1.82) is 0 Å². The van der Waals surface area contributed by atoms with Gasteiger partial charge < -0.3 is 4.74 Å². The topological polar surface area (TPSA) is 35.0 Å². The first kappa shape index (κ1) is 33.3. The van der Waals surface area contributed by atoms with Gasteiger partial charge in [0.2, 0.25) is 0 Å². The summed E-state index contributed by atoms with van der Waals surface area (Å²) in [6.07, 6.45) is 0. The number of para-hydroxylation sites is 1. The third kappa shape index (κ3) is 4.98. The quantitative estimate of drug-likeness (QED) is 0.181. The molecule has 2 aliphatic rings. The maximum absolute atomic E-state index is 6.84. The fraction of sp³-hybridized carbons (Fsp3) is 0.0741. The highest BCUT2D eigenvalue weighted by atomic mass is 16.5. The molecule has 270 valence electrons. The monoisotopic (exact) mass is 730 g/mol. The van der Waals surface area contributed by atoms with Crippen LogP contribution in [0.1, 0.15) is 47.2 Å². The molecule has 0 atom stereocenters. The van der Waals surface area contributed by atoms with Crippen molar-refractivity contribution in [3.05, 3.63) is 228 Å². The summed E-state index contributed by atoms with van der Waals surface area (Å²) in [5.74, 6) is 2.45. The molecule has 0 saturated heterocycles. The second-order valence-corrected chi connectivity index (χ2v) is 15.7. The van der Waals surface area contributed by atoms with E-state index in [-0.39, 0.29) is 5.41 Å². The zero-order valence-corrected chi connectivity index (χ0v) is 31.8. The van der Waals surface area contributed by atoms with Gasteiger partial charge in [-0.2, -0.15) is 0 Å². The van der Waals surface area contributed by atoms with E-state index in [1.807, 2.05) is 18.2 Å². The van der Waals surface area contributed by atoms with E-state index in [1.165, 1.54) is 27.6 Å². The summed E-state index contributed by atoms with van der Waals surface area (Å²) in [7, 11) is 0. The molecule has 1 aliphatic heterocycles. The van der Waals surface area contributed by atoms with Crippen LogP contribution in [-0.4, -0.2) is 9.97 Å². The largest absolute Gasteiger partial charge is 0.457 e. The van der Waals surface area contributed by atoms with Crippen LogP contribution in [0, 0.1) is 0 Å². The summed E-state index contributed by atoms with van der Waals surface area (Å²) in [5.41, 5.74) is 13.8. The van der Waals surface area contributed by atoms with Crippen LogP contribution in [0.15, 0.2) is 194 Å². The summed E-state index contributed by atoms with van der Waals surface area (Å²) >= 11 is 0. The number of rotatable bonds is 4. The molecule has 3 heteroatoms. The first-order valence-electron chi connectivity index (χ1n) is 19.7. The maximum atomic E-state index is 6.84. The number of nitrogens with zero attached hydrogens (tertiary/aromatic N) is 2. The van der Waals surface area contributed by atoms with E-state index in [9.17, 15) is 0 Å². The van der Waals surface area contributed by atoms with Crippen molar-refractivity contribution in [2.75, 3.05) is 0 Å². The lowest BCUT2D eigenvalue weighted by atomic mass is 9.53. The molecule has 1 spiro atoms. The summed E-state index contributed by atoms with van der Waals surface area (Å²) in [5, 5.41) is 2.34. The molecule has 11 rings (SSSR count). The van der Waals surface area contributed by atoms with Crippen molar-refractivity contribution in [3.8, 4) is 56.5 Å². The van der Waals surface area contributed by atoms with Gasteiger partial charge in [-0.1, -0.05) is 184 Å². The average Bonchev–Trinajstić information content (AvgIpc) is 3.28. The molecule has 0 N–H and O–H groups in total. The molecule has 1 aliphatic carbocycles. The third-order valence-electron chi connectivity index (χ3n) is 12.2. The van der Waals surface area contributed by atoms with Gasteiger partial charge in [0, 0.05) is 33.2 Å². The molecule has 3 nitrogen and oxygen atoms in total. The highest BCUT2D eigenvalue weighted by Crippen LogP contribution is 2.61. The van der Waals surface area contributed by atoms with E-state index in [0.717, 1.165) is 67.2 Å². The van der Waals surface area contributed by atoms with E-state index in [2.05, 4.69) is 190 Å². The number of aromatic nitrogens is 2. The molecule has 8 aromatic carbocycles. The van der Waals surface area contributed by atoms with Gasteiger partial charge >= 0.3 is 0 Å². The van der Waals surface area contributed by atoms with Crippen molar-refractivity contribution < 1.29 is 4.74 Å². The van der Waals surface area contributed by atoms with Crippen molar-refractivity contribution in [2.24, 2.45) is 0 Å². The smallest absolute Gasteiger partial charge is 0.160 e. The lowest BCUT2D eigenvalue weighted by molar-refractivity contribution is 0.425. The molecule has 9 aromatic rings. The Labute approximate surface area is 333 Å². The third-order valence-corrected chi connectivity index (χ3v) is 12.2. The van der Waals surface area contributed by atoms with Crippen LogP contribution >= 0.6 is 0 Å². The Morgan fingerprint density at radius 2 is 0.930 bits per heavy atom. The lowest BCUT2D eigenvalue weighted by Gasteiger charge is -2.50. The van der Waals surface area contributed by atoms with E-state index in [1.54, 1.807) is 0 Å². The van der Waals surface area contributed by atoms with Crippen molar-refractivity contribution in [1.82, 2.24) is 9.97 Å². The zero-order chi connectivity index (χ0) is 38.1. The van der Waals surface area contributed by atoms with Crippen molar-refractivity contribution in [3.63, 3.8) is 0 Å². The number of benzene rings is 8. The van der Waals surface area contributed by atoms with E-state index < -0.39 is 5.41 Å². The minimum atomic E-state index is -0.602. The predicted molar refractivity (Wildman–Crippen MR) is 232 cm³/mol. The minimum absolute atomic E-state index is 0.193. The summed E-state index contributed by atoms with van der Waals surface area (Å²) < 4.78 is 6.84. The maximum Gasteiger partial charge on any atom is 0.160 e. The number of fused-ring (bicyclic) bond motifs is 9. The first-order valence-corrected chi connectivity index (χ1v) is 19.7. The second-order valence-electron chi connectivity index (χ2n) is 15.7. The van der Waals surface area contributed by atoms with Gasteiger partial charge in [0.1, 0.15) is 11.5 Å². The van der Waals surface area contributed by atoms with Gasteiger partial charge in [0.05, 0.1) is 16.8 Å². The molecule has 0 radical (unpaired) electrons. The minimum Gasteiger partial charge on any atom is -0.457 e. The fourth-order valence-corrected chi connectivity index (χ4v) is 9.64. The van der Waals surface area contributed by atoms with Crippen molar-refractivity contribution >= 4 is 10.8 Å². The first-order chi connectivity index (χ1) is 28.0. The van der Waals surface area contributed by atoms with Crippen LogP contribution in [0.25, 0.3) is 55.8 Å². The van der Waals surface area contributed by atoms with Crippen molar-refractivity contribution in [2.45, 2.75) is 24.7 Å². The van der Waals surface area contributed by atoms with Crippen LogP contribution in [-0.2, 0) is 10.8 Å². The molecule has 0 bridgehead atoms. The number of hydrogen-bond acceptors (Lipinski definition) is 3. The molecular weight excluding hydrogens is 693 g/mol. The highest BCUT2D eigenvalue weighted by Gasteiger charge is 2.52. The molecule has 0 fully saturated rings. The Hall–Kier alpha value is -7.10. The predicted octanol–water partition coefficient (Wildman–Crippen LogP) is 13.4. The normalized spacial score (nSPS) is 14.2. The number of hydrogen-bond donors (Lipinski definition) is 0. The van der Waals surface area contributed by atoms with E-state index in [4.69, 9.17) is 14.7 Å². The Balaban J connectivity index is 1.16. The second kappa shape index (κ2) is 12.7. The molecule has 2 heterocycles. The number of ether oxygens (including phenoxy) is 1. The van der Waals surface area contributed by atoms with Crippen LogP contribution < -0.4 is 4.74 Å². The summed E-state index contributed by atoms with van der Waals surface area (Å²) in [6, 6.07) is 69.4. The van der Waals surface area contributed by atoms with E-state index in [0.29, 0.717) is 5.82 Å². The van der Waals surface area contributed by atoms with Gasteiger partial charge in [-0.05, 0) is 68.4 Å². The Bertz CT molecular complexity index is 2980. The molecular formula is C54H38N2O. The molecule has 0 unspecified atom stereocenters. The Morgan fingerprint density at radius 3 is 1.68 bits per heavy atom. The van der Waals surface area contributed by atoms with Gasteiger partial charge in [-0.3, -0.25) is 0 Å². The zero-order valence-electron chi connectivity index (χ0n) is 31.8. The van der Waals surface area contributed by atoms with Gasteiger partial charge in [0.25, 0.3) is 0 Å². The highest BCUT2D eigenvalue weighted by molar-refractivity contribution is 5.97. The van der Waals surface area contributed by atoms with Crippen LogP contribution in [0.4, 0.5) is 0 Å². The molecule has 0 amide bonds. The Kier molecular flexibility index (Phi) is 7.42. The standard InChI is InChI=1S/C54H38N2O/c1-53(2)42-25-10-12-27-44(42)54(45-28-13-11-26-43(45)53)46-29-14-15-30-50(46)57-51-32-31-37(33-47(51)54)39-22-8-9-23-40(39)48-34-49(56-52(55-48)36-18-4-3-5-19-36)41-24-16-20-35-17-6-7-21-38(35)41/h3-34H,1-2H3. The average molecular weight is 731 g/mol. The summed E-state index contributed by atoms with van der Waals surface area (Å²) in [6.45, 7) is 4.71. The molecule has 1 aromatic heterocycles. The van der Waals surface area contributed by atoms with Gasteiger partial charge in [0.15, 0.2) is 5.82 Å². The molecule has 0 saturated carbocycles. The Morgan fingerprint density at radius 1 is 0.386 bits per heavy atom. The van der Waals surface area contributed by atoms with E-state index >= 15 is 0 Å². The van der Waals surface area contributed by atoms with Crippen LogP contribution in [0.5, 0.6) is 11.5 Å². The fourth-order valence-electron chi connectivity index (χ4n) is 9.64. The van der Waals surface area contributed by atoms with Crippen LogP contribution in [0.2, 0.25) is 0 Å².